The summed E-state index contributed by atoms with van der Waals surface area (Å²) < 4.78 is 8.33. The maximum atomic E-state index is 13.6. The molecule has 1 atom stereocenters. The van der Waals surface area contributed by atoms with Gasteiger partial charge in [-0.15, -0.1) is 10.2 Å². The Morgan fingerprint density at radius 3 is 2.73 bits per heavy atom. The van der Waals surface area contributed by atoms with Crippen LogP contribution in [-0.2, 0) is 7.05 Å². The van der Waals surface area contributed by atoms with Gasteiger partial charge in [-0.1, -0.05) is 18.2 Å². The predicted octanol–water partition coefficient (Wildman–Crippen LogP) is 5.32. The minimum Gasteiger partial charge on any atom is -0.455 e. The highest BCUT2D eigenvalue weighted by Gasteiger charge is 2.20. The lowest BCUT2D eigenvalue weighted by Crippen LogP contribution is -2.13. The molecule has 6 rings (SSSR count). The van der Waals surface area contributed by atoms with E-state index in [0.29, 0.717) is 28.1 Å². The number of rotatable bonds is 5. The summed E-state index contributed by atoms with van der Waals surface area (Å²) in [7, 11) is 1.89. The second-order valence-electron chi connectivity index (χ2n) is 9.34. The summed E-state index contributed by atoms with van der Waals surface area (Å²) in [5.41, 5.74) is 6.39. The number of para-hydroxylation sites is 1. The Balaban J connectivity index is 1.49. The first kappa shape index (κ1) is 22.7. The van der Waals surface area contributed by atoms with Crippen molar-refractivity contribution < 1.29 is 4.42 Å². The smallest absolute Gasteiger partial charge is 0.206 e. The van der Waals surface area contributed by atoms with E-state index in [1.165, 1.54) is 0 Å². The molecule has 0 aliphatic carbocycles. The molecule has 1 unspecified atom stereocenters. The molecule has 2 N–H and O–H groups in total. The highest BCUT2D eigenvalue weighted by Crippen LogP contribution is 2.34. The molecule has 0 saturated carbocycles. The van der Waals surface area contributed by atoms with Crippen molar-refractivity contribution in [3.8, 4) is 22.7 Å². The molecular formula is C28H25N7O2. The number of nitrogens with zero attached hydrogens (tertiary/aromatic N) is 5. The topological polar surface area (TPSA) is 115 Å². The van der Waals surface area contributed by atoms with Crippen LogP contribution in [0.15, 0.2) is 70.0 Å². The number of aromatic nitrogens is 6. The number of fused-ring (bicyclic) bond motifs is 2. The van der Waals surface area contributed by atoms with Crippen LogP contribution in [0.2, 0.25) is 0 Å². The summed E-state index contributed by atoms with van der Waals surface area (Å²) in [5, 5.41) is 24.0. The Bertz CT molecular complexity index is 1830. The molecule has 0 fully saturated rings. The molecule has 184 valence electrons. The number of anilines is 1. The lowest BCUT2D eigenvalue weighted by atomic mass is 9.98. The van der Waals surface area contributed by atoms with Gasteiger partial charge in [-0.3, -0.25) is 9.48 Å². The normalized spacial score (nSPS) is 12.3. The van der Waals surface area contributed by atoms with Crippen LogP contribution < -0.4 is 10.7 Å². The van der Waals surface area contributed by atoms with E-state index in [0.717, 1.165) is 38.8 Å². The molecule has 0 amide bonds. The fourth-order valence-corrected chi connectivity index (χ4v) is 4.85. The van der Waals surface area contributed by atoms with E-state index in [9.17, 15) is 4.79 Å². The van der Waals surface area contributed by atoms with E-state index in [4.69, 9.17) is 4.42 Å². The predicted molar refractivity (Wildman–Crippen MR) is 143 cm³/mol. The number of aryl methyl sites for hydroxylation is 2. The molecular weight excluding hydrogens is 466 g/mol. The van der Waals surface area contributed by atoms with Gasteiger partial charge in [0.25, 0.3) is 0 Å². The van der Waals surface area contributed by atoms with Gasteiger partial charge in [-0.25, -0.2) is 0 Å². The molecule has 9 nitrogen and oxygen atoms in total. The highest BCUT2D eigenvalue weighted by atomic mass is 16.3. The zero-order valence-electron chi connectivity index (χ0n) is 20.9. The van der Waals surface area contributed by atoms with Crippen molar-refractivity contribution >= 4 is 27.6 Å². The number of benzene rings is 3. The molecule has 6 aromatic rings. The Hall–Kier alpha value is -4.79. The second kappa shape index (κ2) is 8.70. The summed E-state index contributed by atoms with van der Waals surface area (Å²) in [6, 6.07) is 17.5. The van der Waals surface area contributed by atoms with Crippen molar-refractivity contribution in [1.29, 1.82) is 0 Å². The third-order valence-corrected chi connectivity index (χ3v) is 6.62. The van der Waals surface area contributed by atoms with E-state index in [1.807, 2.05) is 82.5 Å². The molecule has 0 aliphatic rings. The molecule has 3 heterocycles. The van der Waals surface area contributed by atoms with Gasteiger partial charge in [0.05, 0.1) is 16.9 Å². The van der Waals surface area contributed by atoms with E-state index < -0.39 is 0 Å². The van der Waals surface area contributed by atoms with Gasteiger partial charge in [0.2, 0.25) is 5.82 Å². The second-order valence-corrected chi connectivity index (χ2v) is 9.34. The molecule has 3 aromatic heterocycles. The largest absolute Gasteiger partial charge is 0.455 e. The fraction of sp³-hybridized carbons (Fsp3) is 0.179. The SMILES string of the molecule is Cc1cc(C(C)Nc2ccccc2-c2nn[nH]n2)c2oc(-c3ccc4nn(C)cc4c3)c(C)c(=O)c2c1. The van der Waals surface area contributed by atoms with Crippen LogP contribution in [0, 0.1) is 13.8 Å². The van der Waals surface area contributed by atoms with Crippen molar-refractivity contribution in [2.45, 2.75) is 26.8 Å². The summed E-state index contributed by atoms with van der Waals surface area (Å²) in [6.07, 6.45) is 1.95. The average Bonchev–Trinajstić information content (AvgIpc) is 3.55. The molecule has 0 saturated heterocycles. The fourth-order valence-electron chi connectivity index (χ4n) is 4.85. The Kier molecular flexibility index (Phi) is 5.33. The van der Waals surface area contributed by atoms with Gasteiger partial charge in [-0.2, -0.15) is 10.3 Å². The van der Waals surface area contributed by atoms with E-state index in [1.54, 1.807) is 4.68 Å². The van der Waals surface area contributed by atoms with Gasteiger partial charge in [-0.05, 0) is 67.9 Å². The maximum absolute atomic E-state index is 13.6. The Labute approximate surface area is 212 Å². The monoisotopic (exact) mass is 491 g/mol. The summed E-state index contributed by atoms with van der Waals surface area (Å²) >= 11 is 0. The van der Waals surface area contributed by atoms with E-state index in [2.05, 4.69) is 37.1 Å². The van der Waals surface area contributed by atoms with Crippen LogP contribution in [0.3, 0.4) is 0 Å². The Morgan fingerprint density at radius 2 is 1.92 bits per heavy atom. The van der Waals surface area contributed by atoms with Crippen molar-refractivity contribution in [2.75, 3.05) is 5.32 Å². The van der Waals surface area contributed by atoms with Crippen molar-refractivity contribution in [2.24, 2.45) is 7.05 Å². The third kappa shape index (κ3) is 3.94. The number of nitrogens with one attached hydrogen (secondary N) is 2. The number of aromatic amines is 1. The van der Waals surface area contributed by atoms with Gasteiger partial charge in [0.1, 0.15) is 11.3 Å². The maximum Gasteiger partial charge on any atom is 0.206 e. The van der Waals surface area contributed by atoms with Crippen LogP contribution in [0.1, 0.15) is 29.7 Å². The molecule has 0 radical (unpaired) electrons. The zero-order chi connectivity index (χ0) is 25.7. The lowest BCUT2D eigenvalue weighted by Gasteiger charge is -2.20. The van der Waals surface area contributed by atoms with E-state index >= 15 is 0 Å². The van der Waals surface area contributed by atoms with Crippen molar-refractivity contribution in [3.05, 3.63) is 87.7 Å². The quantitative estimate of drug-likeness (QED) is 0.335. The van der Waals surface area contributed by atoms with Gasteiger partial charge in [0.15, 0.2) is 5.43 Å². The van der Waals surface area contributed by atoms with Crippen LogP contribution in [0.5, 0.6) is 0 Å². The van der Waals surface area contributed by atoms with Crippen molar-refractivity contribution in [3.63, 3.8) is 0 Å². The highest BCUT2D eigenvalue weighted by molar-refractivity contribution is 5.87. The molecule has 0 aliphatic heterocycles. The standard InChI is InChI=1S/C28H25N7O2/c1-15-11-21(17(3)29-24-8-6-5-7-20(24)28-30-33-34-31-28)27-22(12-15)25(36)16(2)26(37-27)18-9-10-23-19(13-18)14-35(4)32-23/h5-14,17,29H,1-4H3,(H,30,31,33,34). The average molecular weight is 492 g/mol. The van der Waals surface area contributed by atoms with Crippen LogP contribution in [0.25, 0.3) is 44.6 Å². The number of hydrogen-bond acceptors (Lipinski definition) is 7. The zero-order valence-corrected chi connectivity index (χ0v) is 20.9. The first-order chi connectivity index (χ1) is 17.9. The van der Waals surface area contributed by atoms with Gasteiger partial charge >= 0.3 is 0 Å². The van der Waals surface area contributed by atoms with Gasteiger partial charge in [0, 0.05) is 46.6 Å². The summed E-state index contributed by atoms with van der Waals surface area (Å²) in [6.45, 7) is 5.85. The van der Waals surface area contributed by atoms with Gasteiger partial charge < -0.3 is 9.73 Å². The first-order valence-corrected chi connectivity index (χ1v) is 12.0. The molecule has 9 heteroatoms. The van der Waals surface area contributed by atoms with E-state index in [-0.39, 0.29) is 11.5 Å². The number of tetrazole rings is 1. The van der Waals surface area contributed by atoms with Crippen molar-refractivity contribution in [1.82, 2.24) is 30.4 Å². The summed E-state index contributed by atoms with van der Waals surface area (Å²) in [4.78, 5) is 13.6. The van der Waals surface area contributed by atoms with Crippen LogP contribution in [-0.4, -0.2) is 30.4 Å². The number of hydrogen-bond donors (Lipinski definition) is 2. The molecule has 0 spiro atoms. The summed E-state index contributed by atoms with van der Waals surface area (Å²) in [5.74, 6) is 1.06. The Morgan fingerprint density at radius 1 is 1.08 bits per heavy atom. The first-order valence-electron chi connectivity index (χ1n) is 12.0. The third-order valence-electron chi connectivity index (χ3n) is 6.62. The molecule has 3 aromatic carbocycles. The van der Waals surface area contributed by atoms with Crippen LogP contribution >= 0.6 is 0 Å². The lowest BCUT2D eigenvalue weighted by molar-refractivity contribution is 0.606. The molecule has 37 heavy (non-hydrogen) atoms. The number of H-pyrrole nitrogens is 1. The molecule has 0 bridgehead atoms. The van der Waals surface area contributed by atoms with Crippen LogP contribution in [0.4, 0.5) is 5.69 Å². The minimum absolute atomic E-state index is 0.0353. The minimum atomic E-state index is -0.185.